The zero-order chi connectivity index (χ0) is 20.1. The molecule has 0 saturated carbocycles. The highest BCUT2D eigenvalue weighted by Crippen LogP contribution is 2.32. The Bertz CT molecular complexity index is 895. The van der Waals surface area contributed by atoms with Crippen LogP contribution >= 0.6 is 0 Å². The Labute approximate surface area is 170 Å². The summed E-state index contributed by atoms with van der Waals surface area (Å²) in [6.07, 6.45) is 2.45. The molecule has 2 aliphatic rings. The first kappa shape index (κ1) is 19.1. The topological polar surface area (TPSA) is 75.2 Å². The lowest BCUT2D eigenvalue weighted by Crippen LogP contribution is -2.37. The summed E-state index contributed by atoms with van der Waals surface area (Å²) in [6.45, 7) is 2.53. The Kier molecular flexibility index (Phi) is 5.84. The van der Waals surface area contributed by atoms with Crippen LogP contribution in [0.15, 0.2) is 47.5 Å². The predicted molar refractivity (Wildman–Crippen MR) is 112 cm³/mol. The molecule has 0 spiro atoms. The molecule has 0 radical (unpaired) electrons. The number of nitrogens with zero attached hydrogens (tertiary/aromatic N) is 2. The highest BCUT2D eigenvalue weighted by molar-refractivity contribution is 5.95. The normalized spacial score (nSPS) is 15.7. The maximum Gasteiger partial charge on any atom is 0.231 e. The van der Waals surface area contributed by atoms with Crippen LogP contribution < -0.4 is 25.0 Å². The average Bonchev–Trinajstić information content (AvgIpc) is 3.39. The van der Waals surface area contributed by atoms with Crippen molar-refractivity contribution in [2.24, 2.45) is 4.99 Å². The minimum atomic E-state index is 0.211. The summed E-state index contributed by atoms with van der Waals surface area (Å²) in [4.78, 5) is 18.0. The number of aliphatic imine (C=N–C) groups is 1. The zero-order valence-electron chi connectivity index (χ0n) is 16.6. The molecule has 2 heterocycles. The first-order valence-corrected chi connectivity index (χ1v) is 9.95. The van der Waals surface area contributed by atoms with Crippen LogP contribution in [0, 0.1) is 0 Å². The summed E-state index contributed by atoms with van der Waals surface area (Å²) in [7, 11) is 1.76. The molecule has 0 unspecified atom stereocenters. The number of nitrogens with one attached hydrogen (secondary N) is 2. The summed E-state index contributed by atoms with van der Waals surface area (Å²) in [6, 6.07) is 14.1. The molecule has 2 aliphatic heterocycles. The van der Waals surface area contributed by atoms with E-state index >= 15 is 0 Å². The van der Waals surface area contributed by atoms with Gasteiger partial charge in [0.15, 0.2) is 17.5 Å². The molecule has 2 aromatic rings. The maximum atomic E-state index is 11.8. The van der Waals surface area contributed by atoms with E-state index in [1.165, 1.54) is 5.56 Å². The summed E-state index contributed by atoms with van der Waals surface area (Å²) in [5.41, 5.74) is 3.30. The number of rotatable bonds is 6. The van der Waals surface area contributed by atoms with E-state index in [0.29, 0.717) is 19.8 Å². The molecular formula is C22H26N4O3. The first-order chi connectivity index (χ1) is 14.2. The quantitative estimate of drug-likeness (QED) is 0.582. The van der Waals surface area contributed by atoms with E-state index in [2.05, 4.69) is 21.7 Å². The fourth-order valence-electron chi connectivity index (χ4n) is 3.54. The number of carbonyl (C=O) groups excluding carboxylic acids is 1. The lowest BCUT2D eigenvalue weighted by Gasteiger charge is -2.16. The first-order valence-electron chi connectivity index (χ1n) is 9.95. The highest BCUT2D eigenvalue weighted by Gasteiger charge is 2.21. The number of anilines is 1. The molecule has 1 amide bonds. The minimum absolute atomic E-state index is 0.211. The van der Waals surface area contributed by atoms with Gasteiger partial charge in [0.25, 0.3) is 0 Å². The van der Waals surface area contributed by atoms with Crippen LogP contribution in [0.3, 0.4) is 0 Å². The number of amides is 1. The molecule has 0 bridgehead atoms. The van der Waals surface area contributed by atoms with Crippen LogP contribution in [0.2, 0.25) is 0 Å². The van der Waals surface area contributed by atoms with E-state index in [-0.39, 0.29) is 5.91 Å². The van der Waals surface area contributed by atoms with E-state index in [4.69, 9.17) is 9.47 Å². The molecule has 152 valence electrons. The van der Waals surface area contributed by atoms with Gasteiger partial charge in [-0.3, -0.25) is 9.79 Å². The number of hydrogen-bond acceptors (Lipinski definition) is 4. The van der Waals surface area contributed by atoms with Gasteiger partial charge in [0.1, 0.15) is 0 Å². The molecule has 1 fully saturated rings. The van der Waals surface area contributed by atoms with Crippen molar-refractivity contribution >= 4 is 17.6 Å². The smallest absolute Gasteiger partial charge is 0.231 e. The van der Waals surface area contributed by atoms with Gasteiger partial charge in [0, 0.05) is 38.8 Å². The molecule has 4 rings (SSSR count). The highest BCUT2D eigenvalue weighted by atomic mass is 16.7. The fourth-order valence-corrected chi connectivity index (χ4v) is 3.54. The van der Waals surface area contributed by atoms with E-state index in [1.54, 1.807) is 7.05 Å². The molecule has 1 saturated heterocycles. The summed E-state index contributed by atoms with van der Waals surface area (Å²) in [5.74, 6) is 2.58. The fraction of sp³-hybridized carbons (Fsp3) is 0.364. The van der Waals surface area contributed by atoms with Crippen molar-refractivity contribution in [1.82, 2.24) is 10.6 Å². The number of benzene rings is 2. The van der Waals surface area contributed by atoms with Crippen LogP contribution in [-0.2, 0) is 17.8 Å². The molecule has 7 heteroatoms. The van der Waals surface area contributed by atoms with Crippen molar-refractivity contribution in [3.05, 3.63) is 53.6 Å². The zero-order valence-corrected chi connectivity index (χ0v) is 16.6. The third kappa shape index (κ3) is 4.62. The van der Waals surface area contributed by atoms with Gasteiger partial charge in [-0.2, -0.15) is 0 Å². The van der Waals surface area contributed by atoms with Crippen LogP contribution in [0.5, 0.6) is 11.5 Å². The number of hydrogen-bond donors (Lipinski definition) is 2. The molecule has 0 aliphatic carbocycles. The van der Waals surface area contributed by atoms with Crippen molar-refractivity contribution in [3.63, 3.8) is 0 Å². The Balaban J connectivity index is 1.23. The Morgan fingerprint density at radius 1 is 1.07 bits per heavy atom. The average molecular weight is 394 g/mol. The molecule has 2 aromatic carbocycles. The lowest BCUT2D eigenvalue weighted by molar-refractivity contribution is -0.117. The predicted octanol–water partition coefficient (Wildman–Crippen LogP) is 2.45. The van der Waals surface area contributed by atoms with Crippen molar-refractivity contribution < 1.29 is 14.3 Å². The van der Waals surface area contributed by atoms with Gasteiger partial charge in [-0.15, -0.1) is 0 Å². The molecule has 0 aromatic heterocycles. The van der Waals surface area contributed by atoms with Crippen molar-refractivity contribution in [2.45, 2.75) is 25.8 Å². The van der Waals surface area contributed by atoms with Gasteiger partial charge in [0.2, 0.25) is 12.7 Å². The van der Waals surface area contributed by atoms with Crippen molar-refractivity contribution in [2.75, 3.05) is 31.8 Å². The van der Waals surface area contributed by atoms with Crippen LogP contribution in [0.4, 0.5) is 5.69 Å². The molecule has 29 heavy (non-hydrogen) atoms. The van der Waals surface area contributed by atoms with Gasteiger partial charge in [0.05, 0.1) is 0 Å². The maximum absolute atomic E-state index is 11.8. The van der Waals surface area contributed by atoms with E-state index in [9.17, 15) is 4.79 Å². The molecule has 7 nitrogen and oxygen atoms in total. The number of ether oxygens (including phenoxy) is 2. The van der Waals surface area contributed by atoms with Gasteiger partial charge >= 0.3 is 0 Å². The van der Waals surface area contributed by atoms with Crippen LogP contribution in [-0.4, -0.2) is 38.8 Å². The Morgan fingerprint density at radius 3 is 2.62 bits per heavy atom. The number of carbonyl (C=O) groups is 1. The number of fused-ring (bicyclic) bond motifs is 1. The van der Waals surface area contributed by atoms with Gasteiger partial charge in [-0.05, 0) is 48.2 Å². The molecule has 2 N–H and O–H groups in total. The standard InChI is InChI=1S/C22H26N4O3/c1-23-22(24-11-10-16-6-9-19-20(13-16)29-15-28-19)25-14-17-4-7-18(8-5-17)26-12-2-3-21(26)27/h4-9,13H,2-3,10-12,14-15H2,1H3,(H2,23,24,25). The van der Waals surface area contributed by atoms with Crippen LogP contribution in [0.25, 0.3) is 0 Å². The van der Waals surface area contributed by atoms with Gasteiger partial charge in [-0.1, -0.05) is 18.2 Å². The lowest BCUT2D eigenvalue weighted by atomic mass is 10.1. The Morgan fingerprint density at radius 2 is 1.86 bits per heavy atom. The minimum Gasteiger partial charge on any atom is -0.454 e. The van der Waals surface area contributed by atoms with E-state index < -0.39 is 0 Å². The summed E-state index contributed by atoms with van der Waals surface area (Å²) < 4.78 is 10.8. The largest absolute Gasteiger partial charge is 0.454 e. The monoisotopic (exact) mass is 394 g/mol. The Hall–Kier alpha value is -3.22. The third-order valence-corrected chi connectivity index (χ3v) is 5.15. The summed E-state index contributed by atoms with van der Waals surface area (Å²) in [5, 5.41) is 6.66. The third-order valence-electron chi connectivity index (χ3n) is 5.15. The van der Waals surface area contributed by atoms with Crippen molar-refractivity contribution in [3.8, 4) is 11.5 Å². The SMILES string of the molecule is CN=C(NCCc1ccc2c(c1)OCO2)NCc1ccc(N2CCCC2=O)cc1. The van der Waals surface area contributed by atoms with E-state index in [0.717, 1.165) is 54.6 Å². The van der Waals surface area contributed by atoms with Crippen molar-refractivity contribution in [1.29, 1.82) is 0 Å². The van der Waals surface area contributed by atoms with Gasteiger partial charge < -0.3 is 25.0 Å². The molecular weight excluding hydrogens is 368 g/mol. The summed E-state index contributed by atoms with van der Waals surface area (Å²) >= 11 is 0. The van der Waals surface area contributed by atoms with Crippen LogP contribution in [0.1, 0.15) is 24.0 Å². The van der Waals surface area contributed by atoms with E-state index in [1.807, 2.05) is 41.3 Å². The van der Waals surface area contributed by atoms with Gasteiger partial charge in [-0.25, -0.2) is 0 Å². The molecule has 0 atom stereocenters. The second kappa shape index (κ2) is 8.86. The number of guanidine groups is 1. The second-order valence-electron chi connectivity index (χ2n) is 7.11. The second-order valence-corrected chi connectivity index (χ2v) is 7.11.